The monoisotopic (exact) mass is 211 g/mol. The van der Waals surface area contributed by atoms with Crippen molar-refractivity contribution in [1.82, 2.24) is 0 Å². The molecule has 0 amide bonds. The molecular weight excluding hydrogens is 194 g/mol. The molecule has 0 aliphatic rings. The summed E-state index contributed by atoms with van der Waals surface area (Å²) in [5.41, 5.74) is 6.54. The summed E-state index contributed by atoms with van der Waals surface area (Å²) in [7, 11) is 0. The SMILES string of the molecule is CCOc1cc(N)cc(SC(C)C)c1. The standard InChI is InChI=1S/C11H17NOS/c1-4-13-10-5-9(12)6-11(7-10)14-8(2)3/h5-8H,4,12H2,1-3H3. The van der Waals surface area contributed by atoms with Gasteiger partial charge in [0.25, 0.3) is 0 Å². The summed E-state index contributed by atoms with van der Waals surface area (Å²) in [4.78, 5) is 1.17. The predicted octanol–water partition coefficient (Wildman–Crippen LogP) is 3.17. The summed E-state index contributed by atoms with van der Waals surface area (Å²) in [5, 5.41) is 0.561. The topological polar surface area (TPSA) is 35.2 Å². The first-order valence-corrected chi connectivity index (χ1v) is 5.69. The summed E-state index contributed by atoms with van der Waals surface area (Å²) >= 11 is 1.79. The van der Waals surface area contributed by atoms with Crippen LogP contribution in [0.4, 0.5) is 5.69 Å². The summed E-state index contributed by atoms with van der Waals surface area (Å²) in [6.07, 6.45) is 0. The van der Waals surface area contributed by atoms with Crippen molar-refractivity contribution in [2.24, 2.45) is 0 Å². The van der Waals surface area contributed by atoms with Crippen LogP contribution in [0.25, 0.3) is 0 Å². The molecule has 0 atom stereocenters. The second kappa shape index (κ2) is 5.15. The van der Waals surface area contributed by atoms with Gasteiger partial charge in [-0.3, -0.25) is 0 Å². The van der Waals surface area contributed by atoms with Crippen LogP contribution in [0.2, 0.25) is 0 Å². The maximum Gasteiger partial charge on any atom is 0.122 e. The van der Waals surface area contributed by atoms with Crippen molar-refractivity contribution in [1.29, 1.82) is 0 Å². The van der Waals surface area contributed by atoms with E-state index in [1.165, 1.54) is 4.90 Å². The largest absolute Gasteiger partial charge is 0.494 e. The Bertz CT molecular complexity index is 299. The Morgan fingerprint density at radius 3 is 2.64 bits per heavy atom. The summed E-state index contributed by atoms with van der Waals surface area (Å²) in [6, 6.07) is 5.87. The number of benzene rings is 1. The van der Waals surface area contributed by atoms with Crippen LogP contribution in [0.15, 0.2) is 23.1 Å². The molecule has 3 heteroatoms. The quantitative estimate of drug-likeness (QED) is 0.613. The van der Waals surface area contributed by atoms with Crippen LogP contribution >= 0.6 is 11.8 Å². The lowest BCUT2D eigenvalue weighted by Crippen LogP contribution is -1.95. The zero-order valence-electron chi connectivity index (χ0n) is 8.91. The van der Waals surface area contributed by atoms with Crippen LogP contribution in [-0.2, 0) is 0 Å². The van der Waals surface area contributed by atoms with Crippen molar-refractivity contribution in [2.45, 2.75) is 30.9 Å². The van der Waals surface area contributed by atoms with E-state index in [1.54, 1.807) is 11.8 Å². The van der Waals surface area contributed by atoms with Crippen molar-refractivity contribution in [3.8, 4) is 5.75 Å². The first-order chi connectivity index (χ1) is 6.61. The van der Waals surface area contributed by atoms with Crippen LogP contribution in [0, 0.1) is 0 Å². The Kier molecular flexibility index (Phi) is 4.14. The highest BCUT2D eigenvalue weighted by Crippen LogP contribution is 2.29. The lowest BCUT2D eigenvalue weighted by Gasteiger charge is -2.09. The molecule has 0 aliphatic heterocycles. The smallest absolute Gasteiger partial charge is 0.122 e. The minimum Gasteiger partial charge on any atom is -0.494 e. The molecule has 1 aromatic rings. The van der Waals surface area contributed by atoms with Crippen LogP contribution in [0.3, 0.4) is 0 Å². The molecule has 0 bridgehead atoms. The van der Waals surface area contributed by atoms with Crippen LogP contribution in [0.1, 0.15) is 20.8 Å². The fourth-order valence-electron chi connectivity index (χ4n) is 1.18. The zero-order chi connectivity index (χ0) is 10.6. The number of thioether (sulfide) groups is 1. The maximum atomic E-state index is 5.77. The second-order valence-corrected chi connectivity index (χ2v) is 4.99. The molecule has 0 heterocycles. The lowest BCUT2D eigenvalue weighted by molar-refractivity contribution is 0.339. The average Bonchev–Trinajstić information content (AvgIpc) is 2.01. The van der Waals surface area contributed by atoms with Gasteiger partial charge >= 0.3 is 0 Å². The van der Waals surface area contributed by atoms with Gasteiger partial charge in [0, 0.05) is 21.9 Å². The van der Waals surface area contributed by atoms with Gasteiger partial charge in [0.15, 0.2) is 0 Å². The Morgan fingerprint density at radius 1 is 1.36 bits per heavy atom. The number of rotatable bonds is 4. The first-order valence-electron chi connectivity index (χ1n) is 4.82. The number of nitrogen functional groups attached to an aromatic ring is 1. The van der Waals surface area contributed by atoms with Crippen molar-refractivity contribution in [3.63, 3.8) is 0 Å². The zero-order valence-corrected chi connectivity index (χ0v) is 9.73. The molecule has 0 saturated carbocycles. The molecule has 0 spiro atoms. The third-order valence-electron chi connectivity index (χ3n) is 1.59. The van der Waals surface area contributed by atoms with Crippen molar-refractivity contribution in [3.05, 3.63) is 18.2 Å². The molecule has 14 heavy (non-hydrogen) atoms. The van der Waals surface area contributed by atoms with Gasteiger partial charge < -0.3 is 10.5 Å². The number of hydrogen-bond acceptors (Lipinski definition) is 3. The van der Waals surface area contributed by atoms with Gasteiger partial charge in [-0.2, -0.15) is 0 Å². The van der Waals surface area contributed by atoms with E-state index in [0.717, 1.165) is 11.4 Å². The summed E-state index contributed by atoms with van der Waals surface area (Å²) in [5.74, 6) is 0.857. The van der Waals surface area contributed by atoms with E-state index in [2.05, 4.69) is 13.8 Å². The molecule has 1 rings (SSSR count). The van der Waals surface area contributed by atoms with E-state index in [1.807, 2.05) is 25.1 Å². The number of hydrogen-bond donors (Lipinski definition) is 1. The lowest BCUT2D eigenvalue weighted by atomic mass is 10.3. The fourth-order valence-corrected chi connectivity index (χ4v) is 2.12. The molecule has 0 fully saturated rings. The van der Waals surface area contributed by atoms with Crippen LogP contribution < -0.4 is 10.5 Å². The van der Waals surface area contributed by atoms with Crippen LogP contribution in [-0.4, -0.2) is 11.9 Å². The van der Waals surface area contributed by atoms with Gasteiger partial charge in [0.05, 0.1) is 6.61 Å². The Labute approximate surface area is 89.8 Å². The highest BCUT2D eigenvalue weighted by atomic mass is 32.2. The van der Waals surface area contributed by atoms with Crippen molar-refractivity contribution in [2.75, 3.05) is 12.3 Å². The molecule has 2 nitrogen and oxygen atoms in total. The highest BCUT2D eigenvalue weighted by Gasteiger charge is 2.02. The third-order valence-corrected chi connectivity index (χ3v) is 2.56. The van der Waals surface area contributed by atoms with Crippen molar-refractivity contribution >= 4 is 17.4 Å². The fraction of sp³-hybridized carbons (Fsp3) is 0.455. The average molecular weight is 211 g/mol. The summed E-state index contributed by atoms with van der Waals surface area (Å²) in [6.45, 7) is 6.97. The highest BCUT2D eigenvalue weighted by molar-refractivity contribution is 7.99. The molecule has 0 saturated heterocycles. The van der Waals surface area contributed by atoms with Gasteiger partial charge in [-0.15, -0.1) is 11.8 Å². The molecule has 2 N–H and O–H groups in total. The Morgan fingerprint density at radius 2 is 2.07 bits per heavy atom. The minimum absolute atomic E-state index is 0.561. The first kappa shape index (κ1) is 11.2. The molecule has 0 unspecified atom stereocenters. The van der Waals surface area contributed by atoms with E-state index >= 15 is 0 Å². The van der Waals surface area contributed by atoms with E-state index in [-0.39, 0.29) is 0 Å². The molecular formula is C11H17NOS. The van der Waals surface area contributed by atoms with Gasteiger partial charge in [-0.05, 0) is 19.1 Å². The van der Waals surface area contributed by atoms with Crippen LogP contribution in [0.5, 0.6) is 5.75 Å². The Hall–Kier alpha value is -0.830. The number of ether oxygens (including phenoxy) is 1. The molecule has 0 aliphatic carbocycles. The van der Waals surface area contributed by atoms with Gasteiger partial charge in [-0.25, -0.2) is 0 Å². The molecule has 78 valence electrons. The third kappa shape index (κ3) is 3.50. The molecule has 1 aromatic carbocycles. The van der Waals surface area contributed by atoms with E-state index < -0.39 is 0 Å². The second-order valence-electron chi connectivity index (χ2n) is 3.34. The minimum atomic E-state index is 0.561. The summed E-state index contributed by atoms with van der Waals surface area (Å²) < 4.78 is 5.42. The molecule has 0 radical (unpaired) electrons. The molecule has 0 aromatic heterocycles. The van der Waals surface area contributed by atoms with Crippen molar-refractivity contribution < 1.29 is 4.74 Å². The Balaban J connectivity index is 2.83. The van der Waals surface area contributed by atoms with Gasteiger partial charge in [0.1, 0.15) is 5.75 Å². The van der Waals surface area contributed by atoms with Gasteiger partial charge in [0.2, 0.25) is 0 Å². The predicted molar refractivity (Wildman–Crippen MR) is 63.0 cm³/mol. The van der Waals surface area contributed by atoms with E-state index in [4.69, 9.17) is 10.5 Å². The number of anilines is 1. The van der Waals surface area contributed by atoms with E-state index in [0.29, 0.717) is 11.9 Å². The maximum absolute atomic E-state index is 5.77. The normalized spacial score (nSPS) is 10.6. The number of nitrogens with two attached hydrogens (primary N) is 1. The van der Waals surface area contributed by atoms with E-state index in [9.17, 15) is 0 Å². The van der Waals surface area contributed by atoms with Gasteiger partial charge in [-0.1, -0.05) is 13.8 Å².